The molecule has 0 aromatic carbocycles. The van der Waals surface area contributed by atoms with Gasteiger partial charge in [-0.05, 0) is 12.5 Å². The first-order chi connectivity index (χ1) is 9.69. The Bertz CT molecular complexity index is 523. The number of alkyl halides is 1. The summed E-state index contributed by atoms with van der Waals surface area (Å²) >= 11 is 0. The Labute approximate surface area is 117 Å². The van der Waals surface area contributed by atoms with Crippen LogP contribution < -0.4 is 4.90 Å². The van der Waals surface area contributed by atoms with Gasteiger partial charge in [0, 0.05) is 49.2 Å². The molecule has 0 radical (unpaired) electrons. The minimum atomic E-state index is -0.765. The molecule has 0 aliphatic carbocycles. The Hall–Kier alpha value is -1.85. The van der Waals surface area contributed by atoms with Gasteiger partial charge in [0.2, 0.25) is 0 Å². The Morgan fingerprint density at radius 1 is 1.50 bits per heavy atom. The maximum atomic E-state index is 13.4. The molecule has 2 aliphatic rings. The van der Waals surface area contributed by atoms with Crippen LogP contribution in [0.5, 0.6) is 0 Å². The Kier molecular flexibility index (Phi) is 3.46. The number of carbonyl (C=O) groups excluding carboxylic acids is 1. The summed E-state index contributed by atoms with van der Waals surface area (Å²) in [4.78, 5) is 19.8. The van der Waals surface area contributed by atoms with E-state index in [-0.39, 0.29) is 6.09 Å². The summed E-state index contributed by atoms with van der Waals surface area (Å²) in [6.45, 7) is 2.24. The van der Waals surface area contributed by atoms with Crippen LogP contribution in [0.2, 0.25) is 0 Å². The third kappa shape index (κ3) is 2.30. The number of fused-ring (bicyclic) bond motifs is 1. The number of nitrogens with zero attached hydrogens (tertiary/aromatic N) is 3. The SMILES string of the molecule is COC(=O)N1CCc2nccc(N3CC[C@H](F)C3)c2C1. The molecule has 1 saturated heterocycles. The summed E-state index contributed by atoms with van der Waals surface area (Å²) in [5.41, 5.74) is 3.03. The van der Waals surface area contributed by atoms with Crippen molar-refractivity contribution in [3.05, 3.63) is 23.5 Å². The first-order valence-electron chi connectivity index (χ1n) is 6.87. The molecule has 0 N–H and O–H groups in total. The van der Waals surface area contributed by atoms with Crippen molar-refractivity contribution in [1.29, 1.82) is 0 Å². The first-order valence-corrected chi connectivity index (χ1v) is 6.87. The van der Waals surface area contributed by atoms with E-state index in [1.54, 1.807) is 11.1 Å². The number of anilines is 1. The van der Waals surface area contributed by atoms with Crippen molar-refractivity contribution in [3.63, 3.8) is 0 Å². The van der Waals surface area contributed by atoms with Crippen LogP contribution in [0.25, 0.3) is 0 Å². The molecular formula is C14H18FN3O2. The maximum absolute atomic E-state index is 13.4. The van der Waals surface area contributed by atoms with Crippen molar-refractivity contribution in [2.45, 2.75) is 25.6 Å². The van der Waals surface area contributed by atoms with E-state index < -0.39 is 6.17 Å². The second kappa shape index (κ2) is 5.26. The van der Waals surface area contributed by atoms with E-state index in [0.717, 1.165) is 23.5 Å². The summed E-state index contributed by atoms with van der Waals surface area (Å²) < 4.78 is 18.2. The van der Waals surface area contributed by atoms with Gasteiger partial charge < -0.3 is 14.5 Å². The second-order valence-corrected chi connectivity index (χ2v) is 5.23. The van der Waals surface area contributed by atoms with Crippen LogP contribution in [0, 0.1) is 0 Å². The molecule has 2 aliphatic heterocycles. The fraction of sp³-hybridized carbons (Fsp3) is 0.571. The third-order valence-electron chi connectivity index (χ3n) is 3.99. The number of halogens is 1. The van der Waals surface area contributed by atoms with E-state index >= 15 is 0 Å². The number of hydrogen-bond donors (Lipinski definition) is 0. The zero-order valence-electron chi connectivity index (χ0n) is 11.5. The van der Waals surface area contributed by atoms with Gasteiger partial charge in [-0.3, -0.25) is 4.98 Å². The predicted molar refractivity (Wildman–Crippen MR) is 72.5 cm³/mol. The number of carbonyl (C=O) groups is 1. The van der Waals surface area contributed by atoms with E-state index in [9.17, 15) is 9.18 Å². The van der Waals surface area contributed by atoms with Gasteiger partial charge in [0.15, 0.2) is 0 Å². The van der Waals surface area contributed by atoms with Crippen molar-refractivity contribution < 1.29 is 13.9 Å². The highest BCUT2D eigenvalue weighted by Crippen LogP contribution is 2.30. The van der Waals surface area contributed by atoms with Gasteiger partial charge in [-0.15, -0.1) is 0 Å². The molecule has 1 amide bonds. The summed E-state index contributed by atoms with van der Waals surface area (Å²) in [5, 5.41) is 0. The zero-order chi connectivity index (χ0) is 14.1. The number of rotatable bonds is 1. The highest BCUT2D eigenvalue weighted by molar-refractivity contribution is 5.69. The molecule has 3 rings (SSSR count). The molecule has 6 heteroatoms. The van der Waals surface area contributed by atoms with Gasteiger partial charge in [0.25, 0.3) is 0 Å². The molecule has 1 atom stereocenters. The normalized spacial score (nSPS) is 21.8. The van der Waals surface area contributed by atoms with Crippen LogP contribution in [-0.4, -0.2) is 48.9 Å². The number of pyridine rings is 1. The lowest BCUT2D eigenvalue weighted by Gasteiger charge is -2.31. The Morgan fingerprint density at radius 3 is 3.05 bits per heavy atom. The number of aromatic nitrogens is 1. The van der Waals surface area contributed by atoms with Crippen molar-refractivity contribution in [2.75, 3.05) is 31.6 Å². The molecule has 0 saturated carbocycles. The lowest BCUT2D eigenvalue weighted by molar-refractivity contribution is 0.118. The standard InChI is InChI=1S/C14H18FN3O2/c1-20-14(19)18-7-4-12-11(9-18)13(2-5-16-12)17-6-3-10(15)8-17/h2,5,10H,3-4,6-9H2,1H3/t10-/m0/s1. The molecule has 1 aromatic heterocycles. The molecule has 1 fully saturated rings. The van der Waals surface area contributed by atoms with E-state index in [2.05, 4.69) is 4.98 Å². The summed E-state index contributed by atoms with van der Waals surface area (Å²) in [5.74, 6) is 0. The van der Waals surface area contributed by atoms with Crippen molar-refractivity contribution in [1.82, 2.24) is 9.88 Å². The number of methoxy groups -OCH3 is 1. The first kappa shape index (κ1) is 13.1. The smallest absolute Gasteiger partial charge is 0.409 e. The van der Waals surface area contributed by atoms with Crippen LogP contribution in [-0.2, 0) is 17.7 Å². The van der Waals surface area contributed by atoms with E-state index in [1.807, 2.05) is 11.0 Å². The highest BCUT2D eigenvalue weighted by atomic mass is 19.1. The van der Waals surface area contributed by atoms with Crippen molar-refractivity contribution >= 4 is 11.8 Å². The van der Waals surface area contributed by atoms with Gasteiger partial charge in [-0.25, -0.2) is 9.18 Å². The Balaban J connectivity index is 1.89. The maximum Gasteiger partial charge on any atom is 0.409 e. The van der Waals surface area contributed by atoms with Crippen LogP contribution in [0.15, 0.2) is 12.3 Å². The average Bonchev–Trinajstić information content (AvgIpc) is 2.91. The average molecular weight is 279 g/mol. The van der Waals surface area contributed by atoms with Gasteiger partial charge >= 0.3 is 6.09 Å². The molecule has 5 nitrogen and oxygen atoms in total. The van der Waals surface area contributed by atoms with E-state index in [4.69, 9.17) is 4.74 Å². The fourth-order valence-electron chi connectivity index (χ4n) is 2.94. The van der Waals surface area contributed by atoms with Crippen LogP contribution in [0.3, 0.4) is 0 Å². The van der Waals surface area contributed by atoms with Crippen molar-refractivity contribution in [3.8, 4) is 0 Å². The predicted octanol–water partition coefficient (Wildman–Crippen LogP) is 1.75. The lowest BCUT2D eigenvalue weighted by atomic mass is 10.0. The number of amides is 1. The quantitative estimate of drug-likeness (QED) is 0.786. The van der Waals surface area contributed by atoms with E-state index in [1.165, 1.54) is 7.11 Å². The minimum absolute atomic E-state index is 0.324. The lowest BCUT2D eigenvalue weighted by Crippen LogP contribution is -2.37. The molecule has 1 aromatic rings. The zero-order valence-corrected chi connectivity index (χ0v) is 11.5. The van der Waals surface area contributed by atoms with Crippen LogP contribution in [0.4, 0.5) is 14.9 Å². The molecule has 0 bridgehead atoms. The monoisotopic (exact) mass is 279 g/mol. The molecule has 0 spiro atoms. The largest absolute Gasteiger partial charge is 0.453 e. The number of hydrogen-bond acceptors (Lipinski definition) is 4. The van der Waals surface area contributed by atoms with Gasteiger partial charge in [0.05, 0.1) is 13.7 Å². The van der Waals surface area contributed by atoms with Crippen LogP contribution in [0.1, 0.15) is 17.7 Å². The van der Waals surface area contributed by atoms with E-state index in [0.29, 0.717) is 32.5 Å². The second-order valence-electron chi connectivity index (χ2n) is 5.23. The molecule has 20 heavy (non-hydrogen) atoms. The van der Waals surface area contributed by atoms with Crippen molar-refractivity contribution in [2.24, 2.45) is 0 Å². The summed E-state index contributed by atoms with van der Waals surface area (Å²) in [7, 11) is 1.39. The molecule has 108 valence electrons. The fourth-order valence-corrected chi connectivity index (χ4v) is 2.94. The summed E-state index contributed by atoms with van der Waals surface area (Å²) in [6.07, 6.45) is 1.96. The molecule has 0 unspecified atom stereocenters. The van der Waals surface area contributed by atoms with Gasteiger partial charge in [-0.1, -0.05) is 0 Å². The Morgan fingerprint density at radius 2 is 2.35 bits per heavy atom. The van der Waals surface area contributed by atoms with Crippen LogP contribution >= 0.6 is 0 Å². The molecular weight excluding hydrogens is 261 g/mol. The van der Waals surface area contributed by atoms with Gasteiger partial charge in [0.1, 0.15) is 6.17 Å². The number of ether oxygens (including phenoxy) is 1. The third-order valence-corrected chi connectivity index (χ3v) is 3.99. The van der Waals surface area contributed by atoms with Gasteiger partial charge in [-0.2, -0.15) is 0 Å². The topological polar surface area (TPSA) is 45.7 Å². The summed E-state index contributed by atoms with van der Waals surface area (Å²) in [6, 6.07) is 1.91. The minimum Gasteiger partial charge on any atom is -0.453 e. The highest BCUT2D eigenvalue weighted by Gasteiger charge is 2.29. The molecule has 3 heterocycles.